The molecule has 1 aliphatic heterocycles. The molecule has 0 spiro atoms. The third-order valence-electron chi connectivity index (χ3n) is 4.21. The average Bonchev–Trinajstić information content (AvgIpc) is 2.53. The van der Waals surface area contributed by atoms with Crippen molar-refractivity contribution in [3.63, 3.8) is 0 Å². The van der Waals surface area contributed by atoms with Gasteiger partial charge in [0.05, 0.1) is 6.61 Å². The Labute approximate surface area is 109 Å². The maximum atomic E-state index is 12.2. The van der Waals surface area contributed by atoms with Gasteiger partial charge in [0.15, 0.2) is 0 Å². The number of β-amino-alcohol motifs (C(OH)–C–C–N with tert-alkyl or cyclic N) is 1. The lowest BCUT2D eigenvalue weighted by atomic mass is 9.75. The molecule has 0 atom stereocenters. The number of carbonyl (C=O) groups is 1. The number of aliphatic hydroxyl groups is 1. The number of hydrogen-bond donors (Lipinski definition) is 2. The molecule has 104 valence electrons. The van der Waals surface area contributed by atoms with E-state index in [1.54, 1.807) is 0 Å². The third kappa shape index (κ3) is 3.43. The largest absolute Gasteiger partial charge is 0.395 e. The average molecular weight is 255 g/mol. The maximum absolute atomic E-state index is 12.2. The molecular formula is C13H25N3O2. The summed E-state index contributed by atoms with van der Waals surface area (Å²) in [7, 11) is 0. The van der Waals surface area contributed by atoms with Crippen molar-refractivity contribution < 1.29 is 9.90 Å². The summed E-state index contributed by atoms with van der Waals surface area (Å²) in [4.78, 5) is 16.4. The summed E-state index contributed by atoms with van der Waals surface area (Å²) in [6, 6.07) is 0. The molecule has 5 nitrogen and oxygen atoms in total. The Balaban J connectivity index is 1.80. The predicted octanol–water partition coefficient (Wildman–Crippen LogP) is -0.215. The molecule has 0 radical (unpaired) electrons. The van der Waals surface area contributed by atoms with Crippen LogP contribution >= 0.6 is 0 Å². The second-order valence-corrected chi connectivity index (χ2v) is 5.69. The van der Waals surface area contributed by atoms with Gasteiger partial charge in [0.2, 0.25) is 5.91 Å². The minimum absolute atomic E-state index is 0.194. The van der Waals surface area contributed by atoms with E-state index in [2.05, 4.69) is 4.90 Å². The summed E-state index contributed by atoms with van der Waals surface area (Å²) < 4.78 is 0. The van der Waals surface area contributed by atoms with Crippen LogP contribution in [-0.2, 0) is 4.79 Å². The summed E-state index contributed by atoms with van der Waals surface area (Å²) in [5, 5.41) is 8.94. The van der Waals surface area contributed by atoms with Crippen molar-refractivity contribution in [2.24, 2.45) is 5.73 Å². The number of amides is 1. The van der Waals surface area contributed by atoms with Gasteiger partial charge in [-0.25, -0.2) is 0 Å². The number of rotatable bonds is 4. The van der Waals surface area contributed by atoms with Crippen molar-refractivity contribution in [2.75, 3.05) is 39.3 Å². The van der Waals surface area contributed by atoms with Crippen LogP contribution in [0.4, 0.5) is 0 Å². The zero-order chi connectivity index (χ0) is 13.0. The number of carbonyl (C=O) groups excluding carboxylic acids is 1. The lowest BCUT2D eigenvalue weighted by molar-refractivity contribution is -0.133. The molecule has 1 amide bonds. The molecule has 0 bridgehead atoms. The Hall–Kier alpha value is -0.650. The van der Waals surface area contributed by atoms with Gasteiger partial charge in [-0.05, 0) is 32.2 Å². The van der Waals surface area contributed by atoms with E-state index in [0.29, 0.717) is 13.0 Å². The second-order valence-electron chi connectivity index (χ2n) is 5.69. The molecule has 2 fully saturated rings. The fourth-order valence-electron chi connectivity index (χ4n) is 2.81. The maximum Gasteiger partial charge on any atom is 0.224 e. The van der Waals surface area contributed by atoms with Crippen molar-refractivity contribution >= 4 is 5.91 Å². The number of aliphatic hydroxyl groups excluding tert-OH is 1. The summed E-state index contributed by atoms with van der Waals surface area (Å²) in [6.45, 7) is 4.34. The molecule has 1 saturated heterocycles. The summed E-state index contributed by atoms with van der Waals surface area (Å²) in [5.41, 5.74) is 5.92. The number of hydrogen-bond acceptors (Lipinski definition) is 4. The van der Waals surface area contributed by atoms with Gasteiger partial charge < -0.3 is 15.7 Å². The zero-order valence-corrected chi connectivity index (χ0v) is 11.1. The zero-order valence-electron chi connectivity index (χ0n) is 11.1. The van der Waals surface area contributed by atoms with E-state index in [9.17, 15) is 4.79 Å². The van der Waals surface area contributed by atoms with Gasteiger partial charge in [-0.2, -0.15) is 0 Å². The van der Waals surface area contributed by atoms with E-state index >= 15 is 0 Å². The first-order valence-corrected chi connectivity index (χ1v) is 7.03. The fourth-order valence-corrected chi connectivity index (χ4v) is 2.81. The van der Waals surface area contributed by atoms with Gasteiger partial charge in [0, 0.05) is 38.1 Å². The van der Waals surface area contributed by atoms with Crippen molar-refractivity contribution in [3.05, 3.63) is 0 Å². The minimum atomic E-state index is -0.214. The molecule has 1 heterocycles. The summed E-state index contributed by atoms with van der Waals surface area (Å²) >= 11 is 0. The fraction of sp³-hybridized carbons (Fsp3) is 0.923. The Morgan fingerprint density at radius 1 is 1.17 bits per heavy atom. The molecule has 1 aliphatic carbocycles. The van der Waals surface area contributed by atoms with E-state index in [-0.39, 0.29) is 18.1 Å². The van der Waals surface area contributed by atoms with Gasteiger partial charge in [0.1, 0.15) is 0 Å². The highest BCUT2D eigenvalue weighted by molar-refractivity contribution is 5.77. The van der Waals surface area contributed by atoms with Crippen LogP contribution in [0.25, 0.3) is 0 Å². The van der Waals surface area contributed by atoms with Crippen LogP contribution in [0.15, 0.2) is 0 Å². The SMILES string of the molecule is NC1(CC(=O)N2CCCN(CCO)CC2)CCC1. The van der Waals surface area contributed by atoms with E-state index in [1.165, 1.54) is 0 Å². The Kier molecular flexibility index (Phi) is 4.59. The lowest BCUT2D eigenvalue weighted by Gasteiger charge is -2.38. The number of nitrogens with two attached hydrogens (primary N) is 1. The van der Waals surface area contributed by atoms with Crippen LogP contribution in [0.1, 0.15) is 32.1 Å². The third-order valence-corrected chi connectivity index (χ3v) is 4.21. The molecule has 2 aliphatic rings. The normalized spacial score (nSPS) is 24.4. The van der Waals surface area contributed by atoms with Crippen molar-refractivity contribution in [1.82, 2.24) is 9.80 Å². The highest BCUT2D eigenvalue weighted by Crippen LogP contribution is 2.32. The number of nitrogens with zero attached hydrogens (tertiary/aromatic N) is 2. The van der Waals surface area contributed by atoms with E-state index in [0.717, 1.165) is 51.9 Å². The van der Waals surface area contributed by atoms with Gasteiger partial charge in [0.25, 0.3) is 0 Å². The highest BCUT2D eigenvalue weighted by atomic mass is 16.3. The Morgan fingerprint density at radius 3 is 2.56 bits per heavy atom. The van der Waals surface area contributed by atoms with Crippen molar-refractivity contribution in [3.8, 4) is 0 Å². The highest BCUT2D eigenvalue weighted by Gasteiger charge is 2.36. The van der Waals surface area contributed by atoms with Crippen LogP contribution in [0, 0.1) is 0 Å². The van der Waals surface area contributed by atoms with Crippen molar-refractivity contribution in [1.29, 1.82) is 0 Å². The van der Waals surface area contributed by atoms with E-state index in [4.69, 9.17) is 10.8 Å². The van der Waals surface area contributed by atoms with Crippen LogP contribution in [-0.4, -0.2) is 65.7 Å². The van der Waals surface area contributed by atoms with E-state index in [1.807, 2.05) is 4.90 Å². The Morgan fingerprint density at radius 2 is 1.94 bits per heavy atom. The topological polar surface area (TPSA) is 69.8 Å². The smallest absolute Gasteiger partial charge is 0.224 e. The molecule has 2 rings (SSSR count). The molecule has 3 N–H and O–H groups in total. The lowest BCUT2D eigenvalue weighted by Crippen LogP contribution is -2.51. The first kappa shape index (κ1) is 13.8. The van der Waals surface area contributed by atoms with E-state index < -0.39 is 0 Å². The van der Waals surface area contributed by atoms with Gasteiger partial charge in [-0.1, -0.05) is 0 Å². The molecule has 18 heavy (non-hydrogen) atoms. The van der Waals surface area contributed by atoms with Gasteiger partial charge >= 0.3 is 0 Å². The van der Waals surface area contributed by atoms with Crippen LogP contribution in [0.3, 0.4) is 0 Å². The summed E-state index contributed by atoms with van der Waals surface area (Å²) in [5.74, 6) is 0.211. The van der Waals surface area contributed by atoms with Crippen LogP contribution in [0.2, 0.25) is 0 Å². The standard InChI is InChI=1S/C13H25N3O2/c14-13(3-1-4-13)11-12(18)16-6-2-5-15(7-8-16)9-10-17/h17H,1-11,14H2. The van der Waals surface area contributed by atoms with Gasteiger partial charge in [-0.3, -0.25) is 9.69 Å². The van der Waals surface area contributed by atoms with Gasteiger partial charge in [-0.15, -0.1) is 0 Å². The molecular weight excluding hydrogens is 230 g/mol. The first-order valence-electron chi connectivity index (χ1n) is 7.03. The molecule has 0 aromatic heterocycles. The molecule has 5 heteroatoms. The second kappa shape index (κ2) is 5.99. The Bertz CT molecular complexity index is 292. The predicted molar refractivity (Wildman–Crippen MR) is 70.1 cm³/mol. The summed E-state index contributed by atoms with van der Waals surface area (Å²) in [6.07, 6.45) is 4.64. The molecule has 0 unspecified atom stereocenters. The monoisotopic (exact) mass is 255 g/mol. The van der Waals surface area contributed by atoms with Crippen LogP contribution in [0.5, 0.6) is 0 Å². The molecule has 0 aromatic rings. The molecule has 1 saturated carbocycles. The molecule has 0 aromatic carbocycles. The minimum Gasteiger partial charge on any atom is -0.395 e. The van der Waals surface area contributed by atoms with Crippen molar-refractivity contribution in [2.45, 2.75) is 37.6 Å². The quantitative estimate of drug-likeness (QED) is 0.729. The first-order chi connectivity index (χ1) is 8.63. The van der Waals surface area contributed by atoms with Crippen LogP contribution < -0.4 is 5.73 Å².